The summed E-state index contributed by atoms with van der Waals surface area (Å²) in [5.74, 6) is 0. The number of carbonyl (C=O) groups is 1. The minimum absolute atomic E-state index is 0.00278. The number of nitriles is 1. The molecular formula is C19H17F3N2O4. The zero-order valence-corrected chi connectivity index (χ0v) is 14.5. The number of nitrogens with one attached hydrogen (secondary N) is 1. The van der Waals surface area contributed by atoms with Gasteiger partial charge in [0.1, 0.15) is 18.8 Å². The van der Waals surface area contributed by atoms with E-state index in [1.807, 2.05) is 0 Å². The van der Waals surface area contributed by atoms with Gasteiger partial charge in [-0.2, -0.15) is 18.4 Å². The van der Waals surface area contributed by atoms with Gasteiger partial charge >= 0.3 is 12.3 Å². The molecule has 0 spiro atoms. The maximum absolute atomic E-state index is 12.7. The molecule has 3 N–H and O–H groups in total. The van der Waals surface area contributed by atoms with Gasteiger partial charge in [0, 0.05) is 12.1 Å². The molecule has 0 aromatic heterocycles. The van der Waals surface area contributed by atoms with Crippen LogP contribution in [0.2, 0.25) is 0 Å². The van der Waals surface area contributed by atoms with Crippen molar-refractivity contribution in [3.63, 3.8) is 0 Å². The Morgan fingerprint density at radius 2 is 1.86 bits per heavy atom. The molecule has 6 nitrogen and oxygen atoms in total. The topological polar surface area (TPSA) is 103 Å². The Hall–Kier alpha value is -3.09. The Morgan fingerprint density at radius 3 is 2.46 bits per heavy atom. The molecule has 9 heteroatoms. The lowest BCUT2D eigenvalue weighted by Gasteiger charge is -2.20. The molecule has 0 radical (unpaired) electrons. The van der Waals surface area contributed by atoms with E-state index in [9.17, 15) is 28.2 Å². The van der Waals surface area contributed by atoms with Crippen LogP contribution in [0.1, 0.15) is 28.4 Å². The molecule has 2 rings (SSSR count). The predicted molar refractivity (Wildman–Crippen MR) is 91.8 cm³/mol. The van der Waals surface area contributed by atoms with Gasteiger partial charge in [0.2, 0.25) is 0 Å². The number of halogens is 3. The molecule has 148 valence electrons. The van der Waals surface area contributed by atoms with E-state index in [2.05, 4.69) is 5.32 Å². The van der Waals surface area contributed by atoms with Crippen molar-refractivity contribution < 1.29 is 32.9 Å². The molecule has 2 atom stereocenters. The maximum atomic E-state index is 12.7. The minimum atomic E-state index is -4.64. The molecule has 1 amide bonds. The number of amides is 1. The summed E-state index contributed by atoms with van der Waals surface area (Å²) >= 11 is 0. The number of alkyl halides is 3. The molecule has 0 fully saturated rings. The van der Waals surface area contributed by atoms with Gasteiger partial charge in [-0.3, -0.25) is 0 Å². The molecule has 0 aliphatic carbocycles. The van der Waals surface area contributed by atoms with Crippen molar-refractivity contribution in [3.05, 3.63) is 70.8 Å². The van der Waals surface area contributed by atoms with Crippen molar-refractivity contribution in [2.45, 2.75) is 25.0 Å². The molecule has 2 aromatic rings. The Balaban J connectivity index is 1.94. The number of nitrogens with zero attached hydrogens (tertiary/aromatic N) is 1. The fraction of sp³-hybridized carbons (Fsp3) is 0.263. The van der Waals surface area contributed by atoms with Gasteiger partial charge in [-0.25, -0.2) is 4.79 Å². The molecule has 0 bridgehead atoms. The molecule has 28 heavy (non-hydrogen) atoms. The summed E-state index contributed by atoms with van der Waals surface area (Å²) in [6, 6.07) is 12.6. The Morgan fingerprint density at radius 1 is 1.18 bits per heavy atom. The van der Waals surface area contributed by atoms with Crippen molar-refractivity contribution in [3.8, 4) is 6.07 Å². The second-order valence-electron chi connectivity index (χ2n) is 5.87. The number of carbonyl (C=O) groups excluding carboxylic acids is 1. The van der Waals surface area contributed by atoms with E-state index in [-0.39, 0.29) is 12.2 Å². The van der Waals surface area contributed by atoms with E-state index in [0.29, 0.717) is 12.1 Å². The maximum Gasteiger partial charge on any atom is 0.416 e. The lowest BCUT2D eigenvalue weighted by atomic mass is 9.97. The lowest BCUT2D eigenvalue weighted by Crippen LogP contribution is -2.36. The van der Waals surface area contributed by atoms with Crippen LogP contribution in [-0.2, 0) is 17.5 Å². The number of hydrogen-bond acceptors (Lipinski definition) is 5. The molecule has 2 aromatic carbocycles. The van der Waals surface area contributed by atoms with Gasteiger partial charge in [0.25, 0.3) is 0 Å². The van der Waals surface area contributed by atoms with E-state index in [1.165, 1.54) is 0 Å². The largest absolute Gasteiger partial charge is 0.445 e. The summed E-state index contributed by atoms with van der Waals surface area (Å²) < 4.78 is 43.1. The molecule has 0 aliphatic rings. The van der Waals surface area contributed by atoms with Gasteiger partial charge in [-0.1, -0.05) is 36.4 Å². The van der Waals surface area contributed by atoms with Crippen LogP contribution in [-0.4, -0.2) is 29.0 Å². The van der Waals surface area contributed by atoms with Crippen molar-refractivity contribution in [2.24, 2.45) is 0 Å². The summed E-state index contributed by atoms with van der Waals surface area (Å²) in [5.41, 5.74) is -0.894. The predicted octanol–water partition coefficient (Wildman–Crippen LogP) is 2.90. The first-order chi connectivity index (χ1) is 13.2. The van der Waals surface area contributed by atoms with Crippen molar-refractivity contribution in [1.82, 2.24) is 5.32 Å². The van der Waals surface area contributed by atoms with Crippen molar-refractivity contribution >= 4 is 6.09 Å². The fourth-order valence-corrected chi connectivity index (χ4v) is 2.37. The van der Waals surface area contributed by atoms with Crippen LogP contribution in [0, 0.1) is 11.3 Å². The standard InChI is InChI=1S/C19H17F3N2O4/c20-19(21,22)14-6-7-15(13(8-14)9-23)17(26)16(25)10-24-18(27)28-11-12-4-2-1-3-5-12/h1-8,16-17,25-26H,10-11H2,(H,24,27). The molecule has 0 heterocycles. The third-order valence-corrected chi connectivity index (χ3v) is 3.85. The van der Waals surface area contributed by atoms with Gasteiger partial charge in [-0.15, -0.1) is 0 Å². The second kappa shape index (κ2) is 9.21. The molecule has 0 saturated heterocycles. The van der Waals surface area contributed by atoms with Crippen LogP contribution in [0.4, 0.5) is 18.0 Å². The van der Waals surface area contributed by atoms with E-state index >= 15 is 0 Å². The van der Waals surface area contributed by atoms with Crippen LogP contribution in [0.25, 0.3) is 0 Å². The summed E-state index contributed by atoms with van der Waals surface area (Å²) in [6.07, 6.45) is -8.72. The average Bonchev–Trinajstić information content (AvgIpc) is 2.69. The molecule has 2 unspecified atom stereocenters. The number of aliphatic hydroxyl groups is 2. The zero-order chi connectivity index (χ0) is 20.7. The molecule has 0 aliphatic heterocycles. The highest BCUT2D eigenvalue weighted by atomic mass is 19.4. The smallest absolute Gasteiger partial charge is 0.416 e. The SMILES string of the molecule is N#Cc1cc(C(F)(F)F)ccc1C(O)C(O)CNC(=O)OCc1ccccc1. The number of alkyl carbamates (subject to hydrolysis) is 1. The minimum Gasteiger partial charge on any atom is -0.445 e. The normalized spacial score (nSPS) is 13.3. The third-order valence-electron chi connectivity index (χ3n) is 3.85. The number of hydrogen-bond donors (Lipinski definition) is 3. The summed E-state index contributed by atoms with van der Waals surface area (Å²) in [6.45, 7) is -0.427. The zero-order valence-electron chi connectivity index (χ0n) is 14.5. The Bertz CT molecular complexity index is 850. The summed E-state index contributed by atoms with van der Waals surface area (Å²) in [4.78, 5) is 11.7. The third kappa shape index (κ3) is 5.70. The van der Waals surface area contributed by atoms with Crippen molar-refractivity contribution in [1.29, 1.82) is 5.26 Å². The van der Waals surface area contributed by atoms with Crippen LogP contribution in [0.15, 0.2) is 48.5 Å². The fourth-order valence-electron chi connectivity index (χ4n) is 2.37. The van der Waals surface area contributed by atoms with E-state index in [0.717, 1.165) is 11.6 Å². The second-order valence-corrected chi connectivity index (χ2v) is 5.87. The quantitative estimate of drug-likeness (QED) is 0.699. The van der Waals surface area contributed by atoms with Crippen LogP contribution in [0.3, 0.4) is 0 Å². The van der Waals surface area contributed by atoms with Gasteiger partial charge in [-0.05, 0) is 17.7 Å². The highest BCUT2D eigenvalue weighted by Crippen LogP contribution is 2.32. The van der Waals surface area contributed by atoms with E-state index in [1.54, 1.807) is 36.4 Å². The number of rotatable bonds is 6. The van der Waals surface area contributed by atoms with E-state index < -0.39 is 42.1 Å². The average molecular weight is 394 g/mol. The highest BCUT2D eigenvalue weighted by molar-refractivity contribution is 5.67. The molecule has 0 saturated carbocycles. The first-order valence-corrected chi connectivity index (χ1v) is 8.14. The Kier molecular flexibility index (Phi) is 6.98. The number of benzene rings is 2. The van der Waals surface area contributed by atoms with Crippen LogP contribution in [0.5, 0.6) is 0 Å². The van der Waals surface area contributed by atoms with Gasteiger partial charge in [0.15, 0.2) is 0 Å². The first kappa shape index (κ1) is 21.2. The monoisotopic (exact) mass is 394 g/mol. The van der Waals surface area contributed by atoms with Gasteiger partial charge in [0.05, 0.1) is 17.2 Å². The van der Waals surface area contributed by atoms with Crippen LogP contribution < -0.4 is 5.32 Å². The van der Waals surface area contributed by atoms with E-state index in [4.69, 9.17) is 10.00 Å². The van der Waals surface area contributed by atoms with Crippen LogP contribution >= 0.6 is 0 Å². The highest BCUT2D eigenvalue weighted by Gasteiger charge is 2.32. The molecular weight excluding hydrogens is 377 g/mol. The van der Waals surface area contributed by atoms with Crippen molar-refractivity contribution in [2.75, 3.05) is 6.54 Å². The lowest BCUT2D eigenvalue weighted by molar-refractivity contribution is -0.137. The Labute approximate surface area is 158 Å². The summed E-state index contributed by atoms with van der Waals surface area (Å²) in [7, 11) is 0. The number of ether oxygens (including phenoxy) is 1. The van der Waals surface area contributed by atoms with Gasteiger partial charge < -0.3 is 20.3 Å². The first-order valence-electron chi connectivity index (χ1n) is 8.14. The number of aliphatic hydroxyl groups excluding tert-OH is 2. The summed E-state index contributed by atoms with van der Waals surface area (Å²) in [5, 5.41) is 31.4.